The predicted molar refractivity (Wildman–Crippen MR) is 38.8 cm³/mol. The van der Waals surface area contributed by atoms with E-state index in [4.69, 9.17) is 5.53 Å². The molecule has 0 spiro atoms. The van der Waals surface area contributed by atoms with Crippen molar-refractivity contribution in [2.75, 3.05) is 0 Å². The molecule has 12 heavy (non-hydrogen) atoms. The Morgan fingerprint density at radius 2 is 2.50 bits per heavy atom. The van der Waals surface area contributed by atoms with Crippen molar-refractivity contribution in [3.8, 4) is 0 Å². The molecular formula is C6H4N4O2. The predicted octanol–water partition coefficient (Wildman–Crippen LogP) is 1.46. The summed E-state index contributed by atoms with van der Waals surface area (Å²) < 4.78 is 0. The zero-order valence-electron chi connectivity index (χ0n) is 5.91. The van der Waals surface area contributed by atoms with Gasteiger partial charge >= 0.3 is 5.97 Å². The molecule has 6 nitrogen and oxygen atoms in total. The van der Waals surface area contributed by atoms with Crippen LogP contribution in [-0.4, -0.2) is 11.0 Å². The number of rotatable bonds is 2. The van der Waals surface area contributed by atoms with Gasteiger partial charge in [0.15, 0.2) is 0 Å². The molecule has 0 atom stereocenters. The summed E-state index contributed by atoms with van der Waals surface area (Å²) in [6, 6.07) is 4.74. The van der Waals surface area contributed by atoms with Crippen molar-refractivity contribution in [1.29, 1.82) is 0 Å². The van der Waals surface area contributed by atoms with Crippen molar-refractivity contribution in [2.45, 2.75) is 0 Å². The lowest BCUT2D eigenvalue weighted by molar-refractivity contribution is 0.0499. The van der Waals surface area contributed by atoms with E-state index in [0.29, 0.717) is 0 Å². The van der Waals surface area contributed by atoms with E-state index < -0.39 is 5.97 Å². The Bertz CT molecular complexity index is 318. The van der Waals surface area contributed by atoms with Crippen molar-refractivity contribution in [3.63, 3.8) is 0 Å². The molecule has 6 heteroatoms. The van der Waals surface area contributed by atoms with Gasteiger partial charge in [0, 0.05) is 11.1 Å². The molecule has 60 valence electrons. The van der Waals surface area contributed by atoms with E-state index in [9.17, 15) is 4.79 Å². The standard InChI is InChI=1S/C6H4N4O2/c7-9-10-12-6(11)5-3-1-2-4-8-5/h1-4H. The molecule has 0 N–H and O–H groups in total. The van der Waals surface area contributed by atoms with E-state index in [1.807, 2.05) is 0 Å². The molecule has 0 fully saturated rings. The Morgan fingerprint density at radius 1 is 1.67 bits per heavy atom. The largest absolute Gasteiger partial charge is 0.368 e. The van der Waals surface area contributed by atoms with Crippen LogP contribution in [0.3, 0.4) is 0 Å². The van der Waals surface area contributed by atoms with Crippen LogP contribution in [0.25, 0.3) is 10.4 Å². The van der Waals surface area contributed by atoms with Crippen LogP contribution in [0, 0.1) is 0 Å². The number of nitrogens with zero attached hydrogens (tertiary/aromatic N) is 4. The van der Waals surface area contributed by atoms with Crippen LogP contribution >= 0.6 is 0 Å². The number of aromatic nitrogens is 1. The van der Waals surface area contributed by atoms with Gasteiger partial charge in [0.05, 0.1) is 0 Å². The van der Waals surface area contributed by atoms with Gasteiger partial charge < -0.3 is 4.84 Å². The second-order valence-electron chi connectivity index (χ2n) is 1.76. The summed E-state index contributed by atoms with van der Waals surface area (Å²) in [6.45, 7) is 0. The summed E-state index contributed by atoms with van der Waals surface area (Å²) in [6.07, 6.45) is 1.44. The molecule has 1 aromatic rings. The number of carbonyl (C=O) groups is 1. The lowest BCUT2D eigenvalue weighted by Crippen LogP contribution is -2.01. The lowest BCUT2D eigenvalue weighted by atomic mass is 10.4. The van der Waals surface area contributed by atoms with Crippen molar-refractivity contribution in [1.82, 2.24) is 4.98 Å². The Hall–Kier alpha value is -2.07. The molecule has 0 bridgehead atoms. The summed E-state index contributed by atoms with van der Waals surface area (Å²) >= 11 is 0. The third-order valence-electron chi connectivity index (χ3n) is 1.03. The highest BCUT2D eigenvalue weighted by molar-refractivity contribution is 5.86. The molecular weight excluding hydrogens is 160 g/mol. The second kappa shape index (κ2) is 3.95. The Balaban J connectivity index is 2.72. The first-order valence-corrected chi connectivity index (χ1v) is 3.01. The third kappa shape index (κ3) is 1.96. The highest BCUT2D eigenvalue weighted by atomic mass is 16.7. The Labute approximate surface area is 67.4 Å². The number of pyridine rings is 1. The normalized spacial score (nSPS) is 8.33. The monoisotopic (exact) mass is 164 g/mol. The van der Waals surface area contributed by atoms with E-state index in [-0.39, 0.29) is 5.69 Å². The maximum atomic E-state index is 10.9. The van der Waals surface area contributed by atoms with Crippen LogP contribution in [0.4, 0.5) is 0 Å². The van der Waals surface area contributed by atoms with Gasteiger partial charge in [-0.2, -0.15) is 0 Å². The molecule has 1 heterocycles. The molecule has 1 aromatic heterocycles. The lowest BCUT2D eigenvalue weighted by Gasteiger charge is -1.93. The summed E-state index contributed by atoms with van der Waals surface area (Å²) in [4.78, 5) is 20.9. The van der Waals surface area contributed by atoms with Crippen LogP contribution in [0.1, 0.15) is 10.5 Å². The molecule has 0 aromatic carbocycles. The zero-order valence-corrected chi connectivity index (χ0v) is 5.91. The fraction of sp³-hybridized carbons (Fsp3) is 0. The van der Waals surface area contributed by atoms with Gasteiger partial charge in [0.25, 0.3) is 0 Å². The minimum absolute atomic E-state index is 0.102. The van der Waals surface area contributed by atoms with E-state index in [2.05, 4.69) is 20.0 Å². The van der Waals surface area contributed by atoms with Crippen LogP contribution in [0.2, 0.25) is 0 Å². The SMILES string of the molecule is [N-]=[N+]=NOC(=O)c1ccccn1. The molecule has 1 rings (SSSR count). The van der Waals surface area contributed by atoms with Crippen molar-refractivity contribution in [3.05, 3.63) is 40.5 Å². The fourth-order valence-corrected chi connectivity index (χ4v) is 0.586. The van der Waals surface area contributed by atoms with Crippen LogP contribution in [0.15, 0.2) is 29.7 Å². The fourth-order valence-electron chi connectivity index (χ4n) is 0.586. The summed E-state index contributed by atoms with van der Waals surface area (Å²) in [5, 5.41) is 2.64. The zero-order chi connectivity index (χ0) is 8.81. The molecule has 0 saturated heterocycles. The minimum Gasteiger partial charge on any atom is -0.354 e. The van der Waals surface area contributed by atoms with Gasteiger partial charge in [0.2, 0.25) is 0 Å². The second-order valence-corrected chi connectivity index (χ2v) is 1.76. The Kier molecular flexibility index (Phi) is 2.64. The van der Waals surface area contributed by atoms with Gasteiger partial charge in [-0.25, -0.2) is 9.78 Å². The van der Waals surface area contributed by atoms with Crippen LogP contribution in [0.5, 0.6) is 0 Å². The summed E-state index contributed by atoms with van der Waals surface area (Å²) in [7, 11) is 0. The van der Waals surface area contributed by atoms with Crippen molar-refractivity contribution < 1.29 is 9.63 Å². The maximum Gasteiger partial charge on any atom is 0.368 e. The number of carbonyl (C=O) groups excluding carboxylic acids is 1. The van der Waals surface area contributed by atoms with E-state index in [0.717, 1.165) is 0 Å². The highest BCUT2D eigenvalue weighted by Crippen LogP contribution is 1.96. The molecule has 0 amide bonds. The molecule has 0 aliphatic rings. The van der Waals surface area contributed by atoms with E-state index in [1.165, 1.54) is 12.3 Å². The first kappa shape index (κ1) is 8.03. The average molecular weight is 164 g/mol. The summed E-state index contributed by atoms with van der Waals surface area (Å²) in [5.74, 6) is -0.770. The first-order valence-electron chi connectivity index (χ1n) is 3.01. The molecule has 0 aliphatic heterocycles. The van der Waals surface area contributed by atoms with Crippen molar-refractivity contribution in [2.24, 2.45) is 5.28 Å². The third-order valence-corrected chi connectivity index (χ3v) is 1.03. The van der Waals surface area contributed by atoms with Crippen molar-refractivity contribution >= 4 is 5.97 Å². The topological polar surface area (TPSA) is 88.0 Å². The molecule has 0 aliphatic carbocycles. The minimum atomic E-state index is -0.770. The Morgan fingerprint density at radius 3 is 3.08 bits per heavy atom. The number of hydrogen-bond donors (Lipinski definition) is 0. The summed E-state index contributed by atoms with van der Waals surface area (Å²) in [5.41, 5.74) is 7.92. The maximum absolute atomic E-state index is 10.9. The first-order chi connectivity index (χ1) is 5.84. The van der Waals surface area contributed by atoms with E-state index >= 15 is 0 Å². The van der Waals surface area contributed by atoms with Gasteiger partial charge in [-0.1, -0.05) is 6.07 Å². The number of azide groups is 1. The molecule has 0 radical (unpaired) electrons. The molecule has 0 unspecified atom stereocenters. The van der Waals surface area contributed by atoms with Gasteiger partial charge in [-0.05, 0) is 17.7 Å². The number of hydrogen-bond acceptors (Lipinski definition) is 4. The van der Waals surface area contributed by atoms with Gasteiger partial charge in [-0.15, -0.1) is 0 Å². The smallest absolute Gasteiger partial charge is 0.354 e. The van der Waals surface area contributed by atoms with Crippen LogP contribution in [-0.2, 0) is 4.84 Å². The highest BCUT2D eigenvalue weighted by Gasteiger charge is 2.05. The van der Waals surface area contributed by atoms with Gasteiger partial charge in [-0.3, -0.25) is 0 Å². The average Bonchev–Trinajstić information content (AvgIpc) is 2.15. The molecule has 0 saturated carbocycles. The van der Waals surface area contributed by atoms with Crippen LogP contribution < -0.4 is 0 Å². The quantitative estimate of drug-likeness (QED) is 0.287. The van der Waals surface area contributed by atoms with Gasteiger partial charge in [0.1, 0.15) is 11.0 Å². The van der Waals surface area contributed by atoms with E-state index in [1.54, 1.807) is 12.1 Å².